The van der Waals surface area contributed by atoms with Crippen molar-refractivity contribution in [3.8, 4) is 11.8 Å². The molecular weight excluding hydrogens is 309 g/mol. The van der Waals surface area contributed by atoms with Gasteiger partial charge in [0.25, 0.3) is 0 Å². The lowest BCUT2D eigenvalue weighted by molar-refractivity contribution is 0.562. The molecule has 0 heterocycles. The maximum atomic E-state index is 3.49. The molecule has 0 aliphatic heterocycles. The van der Waals surface area contributed by atoms with E-state index < -0.39 is 0 Å². The maximum absolute atomic E-state index is 3.49. The minimum Gasteiger partial charge on any atom is -0.309 e. The van der Waals surface area contributed by atoms with Gasteiger partial charge in [-0.1, -0.05) is 25.1 Å². The van der Waals surface area contributed by atoms with Gasteiger partial charge in [0.2, 0.25) is 0 Å². The summed E-state index contributed by atoms with van der Waals surface area (Å²) in [5.74, 6) is 6.13. The van der Waals surface area contributed by atoms with Gasteiger partial charge in [0.05, 0.1) is 0 Å². The van der Waals surface area contributed by atoms with E-state index in [0.29, 0.717) is 6.04 Å². The molecule has 0 aliphatic carbocycles. The van der Waals surface area contributed by atoms with Crippen molar-refractivity contribution >= 4 is 22.6 Å². The van der Waals surface area contributed by atoms with Crippen LogP contribution in [0.4, 0.5) is 0 Å². The van der Waals surface area contributed by atoms with Gasteiger partial charge in [-0.25, -0.2) is 0 Å². The van der Waals surface area contributed by atoms with E-state index in [1.54, 1.807) is 0 Å². The van der Waals surface area contributed by atoms with E-state index in [9.17, 15) is 0 Å². The Hall–Kier alpha value is -0.530. The van der Waals surface area contributed by atoms with Crippen LogP contribution in [0.25, 0.3) is 0 Å². The monoisotopic (exact) mass is 327 g/mol. The number of benzene rings is 1. The molecule has 0 saturated heterocycles. The van der Waals surface area contributed by atoms with Crippen LogP contribution in [-0.2, 0) is 0 Å². The molecule has 0 spiro atoms. The predicted molar refractivity (Wildman–Crippen MR) is 78.4 cm³/mol. The fourth-order valence-electron chi connectivity index (χ4n) is 1.68. The van der Waals surface area contributed by atoms with E-state index in [0.717, 1.165) is 13.0 Å². The van der Waals surface area contributed by atoms with Crippen molar-refractivity contribution < 1.29 is 0 Å². The number of halogens is 1. The number of nitrogens with one attached hydrogen (secondary N) is 1. The van der Waals surface area contributed by atoms with Gasteiger partial charge < -0.3 is 5.32 Å². The lowest BCUT2D eigenvalue weighted by atomic mass is 10.0. The first-order valence-corrected chi connectivity index (χ1v) is 6.66. The van der Waals surface area contributed by atoms with Crippen molar-refractivity contribution in [2.45, 2.75) is 33.2 Å². The average Bonchev–Trinajstić information content (AvgIpc) is 2.28. The van der Waals surface area contributed by atoms with Crippen molar-refractivity contribution in [3.05, 3.63) is 32.9 Å². The standard InChI is InChI=1S/C14H18IN/c1-4-6-10-13(16-5-2)12-9-7-8-11(3)14(12)15/h7-9,13,16H,5,10H2,1-3H3. The second-order valence-electron chi connectivity index (χ2n) is 3.72. The van der Waals surface area contributed by atoms with Crippen LogP contribution in [0.5, 0.6) is 0 Å². The zero-order chi connectivity index (χ0) is 12.0. The summed E-state index contributed by atoms with van der Waals surface area (Å²) >= 11 is 2.42. The van der Waals surface area contributed by atoms with Gasteiger partial charge in [-0.3, -0.25) is 0 Å². The third-order valence-corrected chi connectivity index (χ3v) is 4.00. The van der Waals surface area contributed by atoms with Crippen molar-refractivity contribution in [2.24, 2.45) is 0 Å². The second-order valence-corrected chi connectivity index (χ2v) is 4.80. The molecule has 1 nitrogen and oxygen atoms in total. The molecular formula is C14H18IN. The quantitative estimate of drug-likeness (QED) is 0.657. The van der Waals surface area contributed by atoms with Gasteiger partial charge in [-0.05, 0) is 54.1 Å². The van der Waals surface area contributed by atoms with E-state index in [1.807, 2.05) is 6.92 Å². The summed E-state index contributed by atoms with van der Waals surface area (Å²) in [5.41, 5.74) is 2.70. The number of hydrogen-bond acceptors (Lipinski definition) is 1. The number of hydrogen-bond donors (Lipinski definition) is 1. The number of rotatable bonds is 4. The van der Waals surface area contributed by atoms with Crippen LogP contribution >= 0.6 is 22.6 Å². The van der Waals surface area contributed by atoms with E-state index in [-0.39, 0.29) is 0 Å². The first kappa shape index (κ1) is 13.5. The average molecular weight is 327 g/mol. The van der Waals surface area contributed by atoms with Crippen LogP contribution in [-0.4, -0.2) is 6.54 Å². The Labute approximate surface area is 112 Å². The fourth-order valence-corrected chi connectivity index (χ4v) is 2.42. The molecule has 1 rings (SSSR count). The Balaban J connectivity index is 2.98. The van der Waals surface area contributed by atoms with Crippen LogP contribution in [0.15, 0.2) is 18.2 Å². The minimum absolute atomic E-state index is 0.351. The van der Waals surface area contributed by atoms with Gasteiger partial charge in [0, 0.05) is 16.0 Å². The van der Waals surface area contributed by atoms with Crippen molar-refractivity contribution in [1.82, 2.24) is 5.32 Å². The van der Waals surface area contributed by atoms with Crippen molar-refractivity contribution in [2.75, 3.05) is 6.54 Å². The summed E-state index contributed by atoms with van der Waals surface area (Å²) < 4.78 is 1.35. The molecule has 1 unspecified atom stereocenters. The molecule has 0 aliphatic rings. The van der Waals surface area contributed by atoms with E-state index in [4.69, 9.17) is 0 Å². The SMILES string of the molecule is CC#CCC(NCC)c1cccc(C)c1I. The van der Waals surface area contributed by atoms with Crippen LogP contribution in [0.1, 0.15) is 37.4 Å². The topological polar surface area (TPSA) is 12.0 Å². The Bertz CT molecular complexity index is 401. The van der Waals surface area contributed by atoms with Crippen LogP contribution in [0.3, 0.4) is 0 Å². The molecule has 2 heteroatoms. The third-order valence-electron chi connectivity index (χ3n) is 2.53. The molecule has 1 N–H and O–H groups in total. The van der Waals surface area contributed by atoms with Gasteiger partial charge in [0.15, 0.2) is 0 Å². The third kappa shape index (κ3) is 3.50. The maximum Gasteiger partial charge on any atom is 0.0441 e. The summed E-state index contributed by atoms with van der Waals surface area (Å²) in [4.78, 5) is 0. The largest absolute Gasteiger partial charge is 0.309 e. The first-order chi connectivity index (χ1) is 7.70. The Morgan fingerprint density at radius 2 is 2.19 bits per heavy atom. The first-order valence-electron chi connectivity index (χ1n) is 5.58. The molecule has 0 fully saturated rings. The molecule has 1 aromatic rings. The zero-order valence-electron chi connectivity index (χ0n) is 10.1. The Morgan fingerprint density at radius 1 is 1.44 bits per heavy atom. The van der Waals surface area contributed by atoms with Gasteiger partial charge in [-0.2, -0.15) is 0 Å². The summed E-state index contributed by atoms with van der Waals surface area (Å²) in [6, 6.07) is 6.82. The summed E-state index contributed by atoms with van der Waals surface area (Å²) in [7, 11) is 0. The van der Waals surface area contributed by atoms with Crippen LogP contribution in [0.2, 0.25) is 0 Å². The smallest absolute Gasteiger partial charge is 0.0441 e. The molecule has 1 aromatic carbocycles. The molecule has 0 bridgehead atoms. The summed E-state index contributed by atoms with van der Waals surface area (Å²) in [6.07, 6.45) is 0.879. The van der Waals surface area contributed by atoms with Gasteiger partial charge >= 0.3 is 0 Å². The highest BCUT2D eigenvalue weighted by atomic mass is 127. The van der Waals surface area contributed by atoms with Gasteiger partial charge in [-0.15, -0.1) is 11.8 Å². The predicted octanol–water partition coefficient (Wildman–Crippen LogP) is 3.66. The van der Waals surface area contributed by atoms with Gasteiger partial charge in [0.1, 0.15) is 0 Å². The molecule has 0 aromatic heterocycles. The van der Waals surface area contributed by atoms with E-state index >= 15 is 0 Å². The minimum atomic E-state index is 0.351. The summed E-state index contributed by atoms with van der Waals surface area (Å²) in [5, 5.41) is 3.49. The second kappa shape index (κ2) is 6.93. The van der Waals surface area contributed by atoms with Crippen molar-refractivity contribution in [1.29, 1.82) is 0 Å². The van der Waals surface area contributed by atoms with Crippen LogP contribution in [0, 0.1) is 22.3 Å². The summed E-state index contributed by atoms with van der Waals surface area (Å²) in [6.45, 7) is 7.15. The highest BCUT2D eigenvalue weighted by Gasteiger charge is 2.12. The van der Waals surface area contributed by atoms with Crippen LogP contribution < -0.4 is 5.32 Å². The molecule has 0 radical (unpaired) electrons. The van der Waals surface area contributed by atoms with E-state index in [1.165, 1.54) is 14.7 Å². The fraction of sp³-hybridized carbons (Fsp3) is 0.429. The highest BCUT2D eigenvalue weighted by molar-refractivity contribution is 14.1. The molecule has 86 valence electrons. The lowest BCUT2D eigenvalue weighted by Gasteiger charge is -2.18. The molecule has 0 amide bonds. The normalized spacial score (nSPS) is 11.8. The molecule has 1 atom stereocenters. The lowest BCUT2D eigenvalue weighted by Crippen LogP contribution is -2.21. The zero-order valence-corrected chi connectivity index (χ0v) is 12.3. The Kier molecular flexibility index (Phi) is 5.86. The Morgan fingerprint density at radius 3 is 2.81 bits per heavy atom. The van der Waals surface area contributed by atoms with Crippen molar-refractivity contribution in [3.63, 3.8) is 0 Å². The molecule has 16 heavy (non-hydrogen) atoms. The number of aryl methyl sites for hydroxylation is 1. The highest BCUT2D eigenvalue weighted by Crippen LogP contribution is 2.24. The van der Waals surface area contributed by atoms with E-state index in [2.05, 4.69) is 71.8 Å². The molecule has 0 saturated carbocycles.